The highest BCUT2D eigenvalue weighted by Crippen LogP contribution is 2.43. The molecule has 4 saturated heterocycles. The number of nitrogens with zero attached hydrogens (tertiary/aromatic N) is 5. The van der Waals surface area contributed by atoms with Gasteiger partial charge < -0.3 is 20.1 Å². The summed E-state index contributed by atoms with van der Waals surface area (Å²) in [4.78, 5) is 18.4. The summed E-state index contributed by atoms with van der Waals surface area (Å²) in [6.07, 6.45) is 12.6. The van der Waals surface area contributed by atoms with Gasteiger partial charge in [-0.05, 0) is 62.2 Å². The number of halogens is 3. The van der Waals surface area contributed by atoms with E-state index in [2.05, 4.69) is 37.9 Å². The van der Waals surface area contributed by atoms with Gasteiger partial charge in [0.2, 0.25) is 0 Å². The maximum atomic E-state index is 16.9. The van der Waals surface area contributed by atoms with Crippen molar-refractivity contribution in [2.45, 2.75) is 75.2 Å². The van der Waals surface area contributed by atoms with E-state index in [0.717, 1.165) is 45.1 Å². The van der Waals surface area contributed by atoms with Gasteiger partial charge in [-0.25, -0.2) is 13.2 Å². The second-order valence-corrected chi connectivity index (χ2v) is 13.8. The molecule has 0 amide bonds. The molecule has 4 atom stereocenters. The van der Waals surface area contributed by atoms with E-state index in [1.165, 1.54) is 30.5 Å². The number of hydrogen-bond acceptors (Lipinski definition) is 8. The topological polar surface area (TPSA) is 86.6 Å². The molecule has 2 N–H and O–H groups in total. The number of terminal acetylenes is 1. The number of pyridine rings is 1. The number of aromatic hydroxyl groups is 1. The zero-order valence-electron chi connectivity index (χ0n) is 26.3. The molecule has 0 radical (unpaired) electrons. The molecule has 4 aromatic rings. The molecule has 2 aromatic carbocycles. The van der Waals surface area contributed by atoms with Gasteiger partial charge in [-0.2, -0.15) is 9.97 Å². The molecule has 4 aliphatic rings. The van der Waals surface area contributed by atoms with Crippen molar-refractivity contribution in [1.82, 2.24) is 25.2 Å². The summed E-state index contributed by atoms with van der Waals surface area (Å²) < 4.78 is 52.6. The van der Waals surface area contributed by atoms with Gasteiger partial charge in [0.25, 0.3) is 0 Å². The first-order chi connectivity index (χ1) is 22.7. The van der Waals surface area contributed by atoms with Crippen LogP contribution in [0.15, 0.2) is 30.5 Å². The summed E-state index contributed by atoms with van der Waals surface area (Å²) in [6, 6.07) is 5.78. The Morgan fingerprint density at radius 2 is 2.06 bits per heavy atom. The van der Waals surface area contributed by atoms with Crippen molar-refractivity contribution in [3.63, 3.8) is 0 Å². The van der Waals surface area contributed by atoms with Gasteiger partial charge in [0, 0.05) is 54.8 Å². The summed E-state index contributed by atoms with van der Waals surface area (Å²) in [6.45, 7) is 4.95. The lowest BCUT2D eigenvalue weighted by Gasteiger charge is -2.42. The number of alkyl halides is 1. The number of rotatable bonds is 7. The summed E-state index contributed by atoms with van der Waals surface area (Å²) >= 11 is 0. The third-order valence-corrected chi connectivity index (χ3v) is 10.8. The van der Waals surface area contributed by atoms with Crippen molar-refractivity contribution in [1.29, 1.82) is 0 Å². The van der Waals surface area contributed by atoms with E-state index in [-0.39, 0.29) is 57.7 Å². The van der Waals surface area contributed by atoms with Crippen molar-refractivity contribution in [3.8, 4) is 35.4 Å². The van der Waals surface area contributed by atoms with Gasteiger partial charge in [0.1, 0.15) is 41.4 Å². The summed E-state index contributed by atoms with van der Waals surface area (Å²) in [5.74, 6) is 1.38. The predicted molar refractivity (Wildman–Crippen MR) is 174 cm³/mol. The molecule has 2 aromatic heterocycles. The molecular formula is C36H37F3N6O2. The second-order valence-electron chi connectivity index (χ2n) is 13.8. The number of piperazine rings is 1. The highest BCUT2D eigenvalue weighted by molar-refractivity contribution is 6.03. The maximum absolute atomic E-state index is 16.9. The van der Waals surface area contributed by atoms with Crippen LogP contribution in [-0.4, -0.2) is 81.0 Å². The Morgan fingerprint density at radius 3 is 2.89 bits per heavy atom. The summed E-state index contributed by atoms with van der Waals surface area (Å²) in [5, 5.41) is 15.5. The zero-order chi connectivity index (χ0) is 32.5. The van der Waals surface area contributed by atoms with E-state index in [1.807, 2.05) is 0 Å². The Bertz CT molecular complexity index is 1950. The maximum Gasteiger partial charge on any atom is 0.319 e. The molecule has 8 nitrogen and oxygen atoms in total. The normalized spacial score (nSPS) is 27.1. The lowest BCUT2D eigenvalue weighted by molar-refractivity contribution is 0.107. The van der Waals surface area contributed by atoms with Crippen LogP contribution in [0.5, 0.6) is 11.8 Å². The van der Waals surface area contributed by atoms with Crippen molar-refractivity contribution >= 4 is 27.5 Å². The quantitative estimate of drug-likeness (QED) is 0.242. The molecule has 4 fully saturated rings. The number of anilines is 1. The van der Waals surface area contributed by atoms with Crippen LogP contribution in [0.4, 0.5) is 19.0 Å². The fourth-order valence-electron chi connectivity index (χ4n) is 8.82. The molecule has 4 aliphatic heterocycles. The van der Waals surface area contributed by atoms with Crippen LogP contribution in [-0.2, 0) is 0 Å². The van der Waals surface area contributed by atoms with Crippen LogP contribution in [0.1, 0.15) is 57.4 Å². The highest BCUT2D eigenvalue weighted by Gasteiger charge is 2.49. The second kappa shape index (κ2) is 11.2. The Hall–Kier alpha value is -4.14. The monoisotopic (exact) mass is 642 g/mol. The van der Waals surface area contributed by atoms with Crippen LogP contribution < -0.4 is 15.0 Å². The van der Waals surface area contributed by atoms with Crippen LogP contribution in [0.3, 0.4) is 0 Å². The number of aromatic nitrogens is 3. The van der Waals surface area contributed by atoms with Crippen LogP contribution in [0, 0.1) is 24.0 Å². The van der Waals surface area contributed by atoms with Gasteiger partial charge in [-0.3, -0.25) is 9.88 Å². The zero-order valence-corrected chi connectivity index (χ0v) is 26.3. The van der Waals surface area contributed by atoms with Gasteiger partial charge in [0.05, 0.1) is 16.5 Å². The van der Waals surface area contributed by atoms with Gasteiger partial charge in [-0.15, -0.1) is 6.42 Å². The number of hydrogen-bond donors (Lipinski definition) is 2. The minimum absolute atomic E-state index is 0.00357. The molecule has 0 aliphatic carbocycles. The lowest BCUT2D eigenvalue weighted by Crippen LogP contribution is -2.59. The van der Waals surface area contributed by atoms with Gasteiger partial charge >= 0.3 is 6.01 Å². The predicted octanol–water partition coefficient (Wildman–Crippen LogP) is 5.88. The molecule has 47 heavy (non-hydrogen) atoms. The van der Waals surface area contributed by atoms with E-state index < -0.39 is 23.3 Å². The number of fused-ring (bicyclic) bond motifs is 5. The first-order valence-corrected chi connectivity index (χ1v) is 16.5. The molecule has 8 rings (SSSR count). The van der Waals surface area contributed by atoms with Crippen molar-refractivity contribution in [3.05, 3.63) is 47.7 Å². The number of nitrogens with one attached hydrogen (secondary N) is 1. The summed E-state index contributed by atoms with van der Waals surface area (Å²) in [5.41, 5.74) is -0.535. The lowest BCUT2D eigenvalue weighted by atomic mass is 9.91. The van der Waals surface area contributed by atoms with Crippen molar-refractivity contribution in [2.24, 2.45) is 0 Å². The molecule has 0 saturated carbocycles. The largest absolute Gasteiger partial charge is 0.508 e. The average Bonchev–Trinajstić information content (AvgIpc) is 3.68. The average molecular weight is 643 g/mol. The van der Waals surface area contributed by atoms with Crippen LogP contribution >= 0.6 is 0 Å². The van der Waals surface area contributed by atoms with E-state index in [0.29, 0.717) is 42.6 Å². The fourth-order valence-corrected chi connectivity index (χ4v) is 8.82. The van der Waals surface area contributed by atoms with Crippen LogP contribution in [0.25, 0.3) is 32.9 Å². The Morgan fingerprint density at radius 1 is 1.19 bits per heavy atom. The minimum atomic E-state index is -0.918. The highest BCUT2D eigenvalue weighted by atomic mass is 19.1. The van der Waals surface area contributed by atoms with Gasteiger partial charge in [-0.1, -0.05) is 25.3 Å². The van der Waals surface area contributed by atoms with Crippen molar-refractivity contribution in [2.75, 3.05) is 37.7 Å². The number of benzene rings is 2. The standard InChI is InChI=1S/C36H37F3N6O2/c1-3-9-35-11-8-23(43-35)18-44(19-35)33-27-16-40-31(26-14-24(46)13-21-6-7-28(38)25(4-2)29(21)26)30(39)32(27)41-34(42-33)47-20-36-10-5-12-45(36)17-22(37)15-36/h2,6-7,13-14,16,22-23,43,46H,3,5,8-12,15,17-20H2,1H3/t22-,23?,35?,36+/m1/s1. The van der Waals surface area contributed by atoms with Gasteiger partial charge in [0.15, 0.2) is 5.82 Å². The number of ether oxygens (including phenoxy) is 1. The SMILES string of the molecule is C#Cc1c(F)ccc2cc(O)cc(-c3ncc4c(N5CC6CCC(CCC)(C5)N6)nc(OC[C@@]56CCCN5C[C@H](F)C6)nc4c3F)c12. The molecule has 244 valence electrons. The first kappa shape index (κ1) is 30.2. The van der Waals surface area contributed by atoms with Crippen LogP contribution in [0.2, 0.25) is 0 Å². The first-order valence-electron chi connectivity index (χ1n) is 16.5. The smallest absolute Gasteiger partial charge is 0.319 e. The van der Waals surface area contributed by atoms with Crippen molar-refractivity contribution < 1.29 is 23.0 Å². The molecule has 0 spiro atoms. The fraction of sp³-hybridized carbons (Fsp3) is 0.472. The summed E-state index contributed by atoms with van der Waals surface area (Å²) in [7, 11) is 0. The van der Waals surface area contributed by atoms with E-state index in [4.69, 9.17) is 16.1 Å². The molecule has 6 heterocycles. The minimum Gasteiger partial charge on any atom is -0.508 e. The van der Waals surface area contributed by atoms with E-state index >= 15 is 4.39 Å². The Balaban J connectivity index is 1.28. The number of phenolic OH excluding ortho intramolecular Hbond substituents is 1. The Kier molecular flexibility index (Phi) is 7.22. The van der Waals surface area contributed by atoms with E-state index in [1.54, 1.807) is 0 Å². The molecule has 2 bridgehead atoms. The third kappa shape index (κ3) is 4.95. The van der Waals surface area contributed by atoms with E-state index in [9.17, 15) is 13.9 Å². The number of phenols is 1. The molecular weight excluding hydrogens is 605 g/mol. The molecule has 2 unspecified atom stereocenters. The molecule has 11 heteroatoms. The Labute approximate surface area is 271 Å². The third-order valence-electron chi connectivity index (χ3n) is 10.8.